The van der Waals surface area contributed by atoms with Crippen LogP contribution in [0.25, 0.3) is 0 Å². The van der Waals surface area contributed by atoms with Gasteiger partial charge >= 0.3 is 5.97 Å². The van der Waals surface area contributed by atoms with Gasteiger partial charge in [-0.3, -0.25) is 4.90 Å². The molecule has 1 heterocycles. The van der Waals surface area contributed by atoms with E-state index in [1.165, 1.54) is 0 Å². The minimum atomic E-state index is -0.678. The SMILES string of the molecule is CCOC(=O)C1=C(N)N(c2cccc(C)c2)C(C)=C(C#N)C1c1ccc(C#N)cc1. The summed E-state index contributed by atoms with van der Waals surface area (Å²) < 4.78 is 5.30. The highest BCUT2D eigenvalue weighted by atomic mass is 16.5. The van der Waals surface area contributed by atoms with Gasteiger partial charge in [0.05, 0.1) is 41.4 Å². The van der Waals surface area contributed by atoms with Crippen LogP contribution in [0.5, 0.6) is 0 Å². The molecule has 30 heavy (non-hydrogen) atoms. The molecule has 6 heteroatoms. The van der Waals surface area contributed by atoms with Crippen molar-refractivity contribution in [3.63, 3.8) is 0 Å². The first-order valence-electron chi connectivity index (χ1n) is 9.57. The molecule has 1 unspecified atom stereocenters. The number of anilines is 1. The van der Waals surface area contributed by atoms with Gasteiger partial charge in [0.15, 0.2) is 0 Å². The number of benzene rings is 2. The van der Waals surface area contributed by atoms with Crippen molar-refractivity contribution in [2.75, 3.05) is 11.5 Å². The van der Waals surface area contributed by atoms with Crippen LogP contribution in [0.15, 0.2) is 71.2 Å². The fraction of sp³-hybridized carbons (Fsp3) is 0.208. The summed E-state index contributed by atoms with van der Waals surface area (Å²) in [5, 5.41) is 19.1. The van der Waals surface area contributed by atoms with Gasteiger partial charge in [-0.25, -0.2) is 4.79 Å². The van der Waals surface area contributed by atoms with E-state index in [2.05, 4.69) is 12.1 Å². The molecule has 0 bridgehead atoms. The number of hydrogen-bond donors (Lipinski definition) is 1. The number of nitrogens with zero attached hydrogens (tertiary/aromatic N) is 3. The van der Waals surface area contributed by atoms with E-state index in [1.54, 1.807) is 36.1 Å². The highest BCUT2D eigenvalue weighted by Crippen LogP contribution is 2.42. The van der Waals surface area contributed by atoms with Crippen molar-refractivity contribution in [2.45, 2.75) is 26.7 Å². The molecular weight excluding hydrogens is 376 g/mol. The Morgan fingerprint density at radius 2 is 1.83 bits per heavy atom. The lowest BCUT2D eigenvalue weighted by atomic mass is 9.81. The molecule has 0 aliphatic carbocycles. The fourth-order valence-electron chi connectivity index (χ4n) is 3.68. The zero-order chi connectivity index (χ0) is 21.8. The molecule has 0 amide bonds. The molecule has 0 spiro atoms. The van der Waals surface area contributed by atoms with E-state index in [-0.39, 0.29) is 18.0 Å². The number of carbonyl (C=O) groups is 1. The molecule has 0 aromatic heterocycles. The van der Waals surface area contributed by atoms with Gasteiger partial charge in [-0.05, 0) is 56.2 Å². The van der Waals surface area contributed by atoms with Crippen molar-refractivity contribution in [3.8, 4) is 12.1 Å². The summed E-state index contributed by atoms with van der Waals surface area (Å²) in [6, 6.07) is 18.8. The van der Waals surface area contributed by atoms with Crippen LogP contribution in [-0.4, -0.2) is 12.6 Å². The van der Waals surface area contributed by atoms with Crippen molar-refractivity contribution in [3.05, 3.63) is 87.9 Å². The molecule has 6 nitrogen and oxygen atoms in total. The summed E-state index contributed by atoms with van der Waals surface area (Å²) in [7, 11) is 0. The third kappa shape index (κ3) is 3.64. The standard InChI is InChI=1S/C24H22N4O2/c1-4-30-24(29)22-21(18-10-8-17(13-25)9-11-18)20(14-26)16(3)28(23(22)27)19-7-5-6-15(2)12-19/h5-12,21H,4,27H2,1-3H3. The van der Waals surface area contributed by atoms with Gasteiger partial charge in [-0.1, -0.05) is 24.3 Å². The third-order valence-corrected chi connectivity index (χ3v) is 5.07. The Kier molecular flexibility index (Phi) is 5.90. The molecule has 0 fully saturated rings. The third-order valence-electron chi connectivity index (χ3n) is 5.07. The normalized spacial score (nSPS) is 16.2. The van der Waals surface area contributed by atoms with Crippen LogP contribution in [0.1, 0.15) is 36.5 Å². The van der Waals surface area contributed by atoms with E-state index in [9.17, 15) is 10.1 Å². The van der Waals surface area contributed by atoms with Crippen LogP contribution in [0, 0.1) is 29.6 Å². The molecule has 1 aliphatic heterocycles. The van der Waals surface area contributed by atoms with Gasteiger partial charge in [0.2, 0.25) is 0 Å². The van der Waals surface area contributed by atoms with E-state index in [1.807, 2.05) is 38.1 Å². The van der Waals surface area contributed by atoms with Gasteiger partial charge in [0, 0.05) is 11.4 Å². The molecule has 0 saturated heterocycles. The smallest absolute Gasteiger partial charge is 0.338 e. The zero-order valence-corrected chi connectivity index (χ0v) is 17.1. The molecule has 150 valence electrons. The molecule has 2 aromatic rings. The van der Waals surface area contributed by atoms with Crippen molar-refractivity contribution in [2.24, 2.45) is 5.73 Å². The quantitative estimate of drug-likeness (QED) is 0.781. The van der Waals surface area contributed by atoms with Gasteiger partial charge in [-0.15, -0.1) is 0 Å². The van der Waals surface area contributed by atoms with E-state index in [0.717, 1.165) is 11.3 Å². The average molecular weight is 398 g/mol. The van der Waals surface area contributed by atoms with Crippen LogP contribution < -0.4 is 10.6 Å². The zero-order valence-electron chi connectivity index (χ0n) is 17.1. The first-order valence-corrected chi connectivity index (χ1v) is 9.57. The molecule has 1 atom stereocenters. The van der Waals surface area contributed by atoms with Crippen molar-refractivity contribution < 1.29 is 9.53 Å². The van der Waals surface area contributed by atoms with Crippen molar-refractivity contribution >= 4 is 11.7 Å². The first-order chi connectivity index (χ1) is 14.4. The summed E-state index contributed by atoms with van der Waals surface area (Å²) in [6.07, 6.45) is 0. The largest absolute Gasteiger partial charge is 0.463 e. The molecule has 0 saturated carbocycles. The van der Waals surface area contributed by atoms with E-state index in [4.69, 9.17) is 15.7 Å². The lowest BCUT2D eigenvalue weighted by Crippen LogP contribution is -2.37. The fourth-order valence-corrected chi connectivity index (χ4v) is 3.68. The number of esters is 1. The highest BCUT2D eigenvalue weighted by molar-refractivity contribution is 5.94. The summed E-state index contributed by atoms with van der Waals surface area (Å²) in [5.74, 6) is -1.02. The summed E-state index contributed by atoms with van der Waals surface area (Å²) >= 11 is 0. The predicted octanol–water partition coefficient (Wildman–Crippen LogP) is 4.00. The monoisotopic (exact) mass is 398 g/mol. The molecule has 0 radical (unpaired) electrons. The Morgan fingerprint density at radius 1 is 1.13 bits per heavy atom. The Hall–Kier alpha value is -4.03. The molecule has 1 aliphatic rings. The number of nitrogens with two attached hydrogens (primary N) is 1. The second-order valence-corrected chi connectivity index (χ2v) is 6.97. The number of hydrogen-bond acceptors (Lipinski definition) is 6. The Bertz CT molecular complexity index is 1130. The van der Waals surface area contributed by atoms with Gasteiger partial charge < -0.3 is 10.5 Å². The second kappa shape index (κ2) is 8.55. The maximum atomic E-state index is 13.0. The molecule has 2 N–H and O–H groups in total. The van der Waals surface area contributed by atoms with E-state index < -0.39 is 11.9 Å². The van der Waals surface area contributed by atoms with E-state index >= 15 is 0 Å². The van der Waals surface area contributed by atoms with Crippen LogP contribution in [0.2, 0.25) is 0 Å². The number of aryl methyl sites for hydroxylation is 1. The summed E-state index contributed by atoms with van der Waals surface area (Å²) in [5.41, 5.74) is 10.8. The average Bonchev–Trinajstić information content (AvgIpc) is 2.73. The van der Waals surface area contributed by atoms with Crippen LogP contribution >= 0.6 is 0 Å². The minimum Gasteiger partial charge on any atom is -0.463 e. The van der Waals surface area contributed by atoms with Crippen LogP contribution in [0.4, 0.5) is 5.69 Å². The van der Waals surface area contributed by atoms with Gasteiger partial charge in [-0.2, -0.15) is 10.5 Å². The minimum absolute atomic E-state index is 0.185. The topological polar surface area (TPSA) is 103 Å². The summed E-state index contributed by atoms with van der Waals surface area (Å²) in [6.45, 7) is 5.68. The number of rotatable bonds is 4. The Balaban J connectivity index is 2.26. The van der Waals surface area contributed by atoms with Crippen LogP contribution in [-0.2, 0) is 9.53 Å². The number of nitriles is 2. The molecule has 2 aromatic carbocycles. The highest BCUT2D eigenvalue weighted by Gasteiger charge is 2.38. The van der Waals surface area contributed by atoms with Crippen molar-refractivity contribution in [1.82, 2.24) is 0 Å². The first kappa shape index (κ1) is 20.7. The lowest BCUT2D eigenvalue weighted by Gasteiger charge is -2.36. The number of ether oxygens (including phenoxy) is 1. The molecule has 3 rings (SSSR count). The lowest BCUT2D eigenvalue weighted by molar-refractivity contribution is -0.138. The van der Waals surface area contributed by atoms with Crippen LogP contribution in [0.3, 0.4) is 0 Å². The second-order valence-electron chi connectivity index (χ2n) is 6.97. The number of carbonyl (C=O) groups excluding carboxylic acids is 1. The maximum Gasteiger partial charge on any atom is 0.338 e. The molecular formula is C24H22N4O2. The summed E-state index contributed by atoms with van der Waals surface area (Å²) in [4.78, 5) is 14.7. The Morgan fingerprint density at radius 3 is 2.40 bits per heavy atom. The van der Waals surface area contributed by atoms with E-state index in [0.29, 0.717) is 22.4 Å². The Labute approximate surface area is 176 Å². The maximum absolute atomic E-state index is 13.0. The van der Waals surface area contributed by atoms with Crippen molar-refractivity contribution in [1.29, 1.82) is 10.5 Å². The number of allylic oxidation sites excluding steroid dienone is 2. The van der Waals surface area contributed by atoms with Gasteiger partial charge in [0.1, 0.15) is 5.82 Å². The predicted molar refractivity (Wildman–Crippen MR) is 114 cm³/mol. The van der Waals surface area contributed by atoms with Gasteiger partial charge in [0.25, 0.3) is 0 Å².